The van der Waals surface area contributed by atoms with E-state index in [2.05, 4.69) is 5.10 Å². The molecule has 0 aliphatic rings. The highest BCUT2D eigenvalue weighted by Crippen LogP contribution is 2.23. The van der Waals surface area contributed by atoms with Crippen LogP contribution in [0.25, 0.3) is 11.3 Å². The van der Waals surface area contributed by atoms with E-state index in [0.717, 1.165) is 5.56 Å². The molecule has 0 saturated heterocycles. The molecular formula is C13H17N3O2S. The molecule has 0 amide bonds. The number of anilines is 1. The molecule has 0 atom stereocenters. The van der Waals surface area contributed by atoms with E-state index in [4.69, 9.17) is 5.73 Å². The zero-order chi connectivity index (χ0) is 13.9. The molecule has 0 aliphatic carbocycles. The molecule has 0 spiro atoms. The van der Waals surface area contributed by atoms with Gasteiger partial charge >= 0.3 is 0 Å². The summed E-state index contributed by atoms with van der Waals surface area (Å²) in [4.78, 5) is 0. The number of benzene rings is 1. The molecule has 5 nitrogen and oxygen atoms in total. The van der Waals surface area contributed by atoms with Crippen LogP contribution in [0.15, 0.2) is 36.5 Å². The van der Waals surface area contributed by atoms with Gasteiger partial charge in [-0.15, -0.1) is 0 Å². The number of rotatable bonds is 5. The van der Waals surface area contributed by atoms with E-state index >= 15 is 0 Å². The third-order valence-corrected chi connectivity index (χ3v) is 4.59. The standard InChI is InChI=1S/C13H17N3O2S/c1-2-19(17,18)9-8-16-10-12(14)13(15-16)11-6-4-3-5-7-11/h3-7,10H,2,8-9,14H2,1H3. The second-order valence-corrected chi connectivity index (χ2v) is 6.77. The molecule has 6 heteroatoms. The van der Waals surface area contributed by atoms with Crippen LogP contribution < -0.4 is 5.73 Å². The van der Waals surface area contributed by atoms with Crippen molar-refractivity contribution in [2.45, 2.75) is 13.5 Å². The Kier molecular flexibility index (Phi) is 3.90. The SMILES string of the molecule is CCS(=O)(=O)CCn1cc(N)c(-c2ccccc2)n1. The van der Waals surface area contributed by atoms with Gasteiger partial charge in [-0.2, -0.15) is 5.10 Å². The predicted octanol–water partition coefficient (Wildman–Crippen LogP) is 1.57. The average Bonchev–Trinajstić information content (AvgIpc) is 2.79. The number of aryl methyl sites for hydroxylation is 1. The van der Waals surface area contributed by atoms with Crippen LogP contribution in [0.5, 0.6) is 0 Å². The number of hydrogen-bond donors (Lipinski definition) is 1. The molecule has 102 valence electrons. The number of nitrogens with two attached hydrogens (primary N) is 1. The Labute approximate surface area is 113 Å². The maximum Gasteiger partial charge on any atom is 0.151 e. The number of sulfone groups is 1. The molecule has 0 fully saturated rings. The van der Waals surface area contributed by atoms with Gasteiger partial charge in [0.2, 0.25) is 0 Å². The topological polar surface area (TPSA) is 78.0 Å². The van der Waals surface area contributed by atoms with Crippen molar-refractivity contribution in [2.75, 3.05) is 17.2 Å². The van der Waals surface area contributed by atoms with Crippen molar-refractivity contribution in [1.29, 1.82) is 0 Å². The first-order chi connectivity index (χ1) is 9.02. The van der Waals surface area contributed by atoms with Gasteiger partial charge < -0.3 is 5.73 Å². The number of aromatic nitrogens is 2. The number of nitrogens with zero attached hydrogens (tertiary/aromatic N) is 2. The smallest absolute Gasteiger partial charge is 0.151 e. The van der Waals surface area contributed by atoms with Crippen molar-refractivity contribution in [1.82, 2.24) is 9.78 Å². The van der Waals surface area contributed by atoms with Crippen molar-refractivity contribution in [3.05, 3.63) is 36.5 Å². The summed E-state index contributed by atoms with van der Waals surface area (Å²) in [6.07, 6.45) is 1.67. The van der Waals surface area contributed by atoms with Crippen LogP contribution in [0.3, 0.4) is 0 Å². The van der Waals surface area contributed by atoms with E-state index in [1.54, 1.807) is 17.8 Å². The van der Waals surface area contributed by atoms with Crippen LogP contribution >= 0.6 is 0 Å². The fourth-order valence-corrected chi connectivity index (χ4v) is 2.50. The zero-order valence-corrected chi connectivity index (χ0v) is 11.6. The summed E-state index contributed by atoms with van der Waals surface area (Å²) >= 11 is 0. The van der Waals surface area contributed by atoms with Gasteiger partial charge in [-0.05, 0) is 0 Å². The molecule has 0 radical (unpaired) electrons. The third-order valence-electron chi connectivity index (χ3n) is 2.91. The minimum atomic E-state index is -2.99. The summed E-state index contributed by atoms with van der Waals surface area (Å²) < 4.78 is 24.5. The van der Waals surface area contributed by atoms with Gasteiger partial charge in [-0.3, -0.25) is 4.68 Å². The van der Waals surface area contributed by atoms with Crippen molar-refractivity contribution in [3.8, 4) is 11.3 Å². The van der Waals surface area contributed by atoms with E-state index in [0.29, 0.717) is 17.9 Å². The Hall–Kier alpha value is -1.82. The lowest BCUT2D eigenvalue weighted by molar-refractivity contribution is 0.582. The average molecular weight is 279 g/mol. The maximum absolute atomic E-state index is 11.5. The monoisotopic (exact) mass is 279 g/mol. The summed E-state index contributed by atoms with van der Waals surface area (Å²) in [7, 11) is -2.99. The lowest BCUT2D eigenvalue weighted by Crippen LogP contribution is -2.14. The molecule has 0 unspecified atom stereocenters. The minimum Gasteiger partial charge on any atom is -0.396 e. The molecule has 19 heavy (non-hydrogen) atoms. The molecule has 0 saturated carbocycles. The van der Waals surface area contributed by atoms with Crippen LogP contribution in [-0.2, 0) is 16.4 Å². The highest BCUT2D eigenvalue weighted by Gasteiger charge is 2.11. The first-order valence-corrected chi connectivity index (χ1v) is 7.93. The van der Waals surface area contributed by atoms with Gasteiger partial charge in [0.1, 0.15) is 5.69 Å². The lowest BCUT2D eigenvalue weighted by atomic mass is 10.1. The van der Waals surface area contributed by atoms with Gasteiger partial charge in [0, 0.05) is 17.5 Å². The minimum absolute atomic E-state index is 0.0822. The summed E-state index contributed by atoms with van der Waals surface area (Å²) in [5, 5.41) is 4.34. The quantitative estimate of drug-likeness (QED) is 0.901. The Morgan fingerprint density at radius 2 is 1.95 bits per heavy atom. The number of nitrogen functional groups attached to an aromatic ring is 1. The Morgan fingerprint density at radius 1 is 1.26 bits per heavy atom. The second kappa shape index (κ2) is 5.44. The van der Waals surface area contributed by atoms with Gasteiger partial charge in [0.05, 0.1) is 18.0 Å². The van der Waals surface area contributed by atoms with Gasteiger partial charge in [0.25, 0.3) is 0 Å². The molecular weight excluding hydrogens is 262 g/mol. The molecule has 1 heterocycles. The van der Waals surface area contributed by atoms with Crippen molar-refractivity contribution in [3.63, 3.8) is 0 Å². The molecule has 1 aromatic heterocycles. The Balaban J connectivity index is 2.18. The van der Waals surface area contributed by atoms with Crippen LogP contribution in [0.2, 0.25) is 0 Å². The highest BCUT2D eigenvalue weighted by molar-refractivity contribution is 7.91. The van der Waals surface area contributed by atoms with E-state index < -0.39 is 9.84 Å². The van der Waals surface area contributed by atoms with Gasteiger partial charge in [-0.1, -0.05) is 37.3 Å². The fourth-order valence-electron chi connectivity index (χ4n) is 1.75. The summed E-state index contributed by atoms with van der Waals surface area (Å²) in [5.41, 5.74) is 8.09. The highest BCUT2D eigenvalue weighted by atomic mass is 32.2. The molecule has 0 aliphatic heterocycles. The normalized spacial score (nSPS) is 11.6. The third kappa shape index (κ3) is 3.35. The van der Waals surface area contributed by atoms with E-state index in [1.165, 1.54) is 0 Å². The first kappa shape index (κ1) is 13.6. The van der Waals surface area contributed by atoms with E-state index in [9.17, 15) is 8.42 Å². The van der Waals surface area contributed by atoms with Crippen LogP contribution in [-0.4, -0.2) is 29.7 Å². The molecule has 2 rings (SSSR count). The zero-order valence-electron chi connectivity index (χ0n) is 10.8. The van der Waals surface area contributed by atoms with Crippen molar-refractivity contribution < 1.29 is 8.42 Å². The summed E-state index contributed by atoms with van der Waals surface area (Å²) in [6, 6.07) is 9.59. The van der Waals surface area contributed by atoms with E-state index in [1.807, 2.05) is 30.3 Å². The molecule has 2 aromatic rings. The fraction of sp³-hybridized carbons (Fsp3) is 0.308. The van der Waals surface area contributed by atoms with Gasteiger partial charge in [-0.25, -0.2) is 8.42 Å². The maximum atomic E-state index is 11.5. The van der Waals surface area contributed by atoms with Crippen LogP contribution in [0, 0.1) is 0 Å². The molecule has 2 N–H and O–H groups in total. The van der Waals surface area contributed by atoms with Crippen molar-refractivity contribution >= 4 is 15.5 Å². The Bertz CT molecular complexity index is 648. The van der Waals surface area contributed by atoms with Crippen molar-refractivity contribution in [2.24, 2.45) is 0 Å². The van der Waals surface area contributed by atoms with Gasteiger partial charge in [0.15, 0.2) is 9.84 Å². The lowest BCUT2D eigenvalue weighted by Gasteiger charge is -2.01. The number of hydrogen-bond acceptors (Lipinski definition) is 4. The second-order valence-electron chi connectivity index (χ2n) is 4.30. The first-order valence-electron chi connectivity index (χ1n) is 6.10. The largest absolute Gasteiger partial charge is 0.396 e. The van der Waals surface area contributed by atoms with E-state index in [-0.39, 0.29) is 11.5 Å². The van der Waals surface area contributed by atoms with Crippen LogP contribution in [0.1, 0.15) is 6.92 Å². The molecule has 0 bridgehead atoms. The Morgan fingerprint density at radius 3 is 2.58 bits per heavy atom. The summed E-state index contributed by atoms with van der Waals surface area (Å²) in [5.74, 6) is 0.230. The van der Waals surface area contributed by atoms with Crippen LogP contribution in [0.4, 0.5) is 5.69 Å². The molecule has 1 aromatic carbocycles. The predicted molar refractivity (Wildman–Crippen MR) is 76.4 cm³/mol. The summed E-state index contributed by atoms with van der Waals surface area (Å²) in [6.45, 7) is 1.97.